The molecular formula is C12H7BrF2N2O2. The third-order valence-electron chi connectivity index (χ3n) is 2.27. The highest BCUT2D eigenvalue weighted by Gasteiger charge is 2.09. The Morgan fingerprint density at radius 1 is 1.26 bits per heavy atom. The number of benzene rings is 1. The van der Waals surface area contributed by atoms with Crippen LogP contribution < -0.4 is 5.32 Å². The molecule has 4 nitrogen and oxygen atoms in total. The Kier molecular flexibility index (Phi) is 3.75. The molecule has 0 aliphatic carbocycles. The summed E-state index contributed by atoms with van der Waals surface area (Å²) >= 11 is 2.95. The third kappa shape index (κ3) is 3.05. The molecule has 1 heterocycles. The minimum absolute atomic E-state index is 0.0538. The van der Waals surface area contributed by atoms with Gasteiger partial charge in [0.1, 0.15) is 17.3 Å². The topological polar surface area (TPSA) is 62.2 Å². The number of hydrogen-bond donors (Lipinski definition) is 2. The van der Waals surface area contributed by atoms with Crippen molar-refractivity contribution in [1.29, 1.82) is 0 Å². The monoisotopic (exact) mass is 328 g/mol. The van der Waals surface area contributed by atoms with E-state index in [1.807, 2.05) is 0 Å². The number of hydrogen-bond acceptors (Lipinski definition) is 3. The summed E-state index contributed by atoms with van der Waals surface area (Å²) in [6, 6.07) is 4.70. The molecule has 0 aliphatic heterocycles. The predicted octanol–water partition coefficient (Wildman–Crippen LogP) is 3.56. The van der Waals surface area contributed by atoms with E-state index in [0.717, 1.165) is 6.07 Å². The number of carbonyl (C=O) groups is 1. The number of carboxylic acids is 1. The van der Waals surface area contributed by atoms with Crippen molar-refractivity contribution < 1.29 is 18.7 Å². The van der Waals surface area contributed by atoms with E-state index in [2.05, 4.69) is 26.2 Å². The van der Waals surface area contributed by atoms with Crippen LogP contribution in [-0.2, 0) is 0 Å². The number of nitrogens with one attached hydrogen (secondary N) is 1. The van der Waals surface area contributed by atoms with Crippen LogP contribution in [0.2, 0.25) is 0 Å². The Morgan fingerprint density at radius 2 is 2.00 bits per heavy atom. The molecule has 1 aromatic heterocycles. The number of carboxylic acid groups (broad SMARTS) is 1. The van der Waals surface area contributed by atoms with Crippen LogP contribution in [0.1, 0.15) is 10.5 Å². The molecule has 98 valence electrons. The summed E-state index contributed by atoms with van der Waals surface area (Å²) in [5.74, 6) is -2.62. The van der Waals surface area contributed by atoms with Crippen LogP contribution in [0.25, 0.3) is 0 Å². The first-order valence-corrected chi connectivity index (χ1v) is 5.87. The standard InChI is InChI=1S/C12H7BrF2N2O2/c13-7-3-11(9(15)4-8(7)14)17-6-1-2-10(12(18)19)16-5-6/h1-5,17H,(H,18,19). The lowest BCUT2D eigenvalue weighted by atomic mass is 10.2. The second-order valence-electron chi connectivity index (χ2n) is 3.61. The van der Waals surface area contributed by atoms with Crippen LogP contribution in [0.15, 0.2) is 34.9 Å². The number of nitrogens with zero attached hydrogens (tertiary/aromatic N) is 1. The number of aromatic carboxylic acids is 1. The first kappa shape index (κ1) is 13.4. The Morgan fingerprint density at radius 3 is 2.58 bits per heavy atom. The van der Waals surface area contributed by atoms with Crippen LogP contribution in [-0.4, -0.2) is 16.1 Å². The van der Waals surface area contributed by atoms with Gasteiger partial charge in [-0.3, -0.25) is 0 Å². The van der Waals surface area contributed by atoms with Crippen LogP contribution in [0, 0.1) is 11.6 Å². The highest BCUT2D eigenvalue weighted by atomic mass is 79.9. The second-order valence-corrected chi connectivity index (χ2v) is 4.46. The summed E-state index contributed by atoms with van der Waals surface area (Å²) in [5.41, 5.74) is 0.326. The van der Waals surface area contributed by atoms with E-state index in [1.54, 1.807) is 0 Å². The van der Waals surface area contributed by atoms with E-state index in [4.69, 9.17) is 5.11 Å². The number of anilines is 2. The average Bonchev–Trinajstić information content (AvgIpc) is 2.36. The zero-order valence-corrected chi connectivity index (χ0v) is 10.9. The highest BCUT2D eigenvalue weighted by molar-refractivity contribution is 9.10. The van der Waals surface area contributed by atoms with Gasteiger partial charge in [-0.05, 0) is 34.1 Å². The fourth-order valence-electron chi connectivity index (χ4n) is 1.37. The van der Waals surface area contributed by atoms with Crippen molar-refractivity contribution in [1.82, 2.24) is 4.98 Å². The van der Waals surface area contributed by atoms with Gasteiger partial charge in [0.05, 0.1) is 22.0 Å². The van der Waals surface area contributed by atoms with Gasteiger partial charge in [-0.25, -0.2) is 18.6 Å². The Labute approximate surface area is 115 Å². The van der Waals surface area contributed by atoms with Crippen LogP contribution >= 0.6 is 15.9 Å². The van der Waals surface area contributed by atoms with Gasteiger partial charge in [0.25, 0.3) is 0 Å². The Balaban J connectivity index is 2.26. The van der Waals surface area contributed by atoms with Crippen LogP contribution in [0.3, 0.4) is 0 Å². The van der Waals surface area contributed by atoms with Gasteiger partial charge in [0.2, 0.25) is 0 Å². The number of pyridine rings is 1. The molecule has 0 saturated carbocycles. The first-order chi connectivity index (χ1) is 8.97. The summed E-state index contributed by atoms with van der Waals surface area (Å²) in [6.07, 6.45) is 1.25. The smallest absolute Gasteiger partial charge is 0.354 e. The molecule has 0 bridgehead atoms. The molecule has 0 saturated heterocycles. The molecule has 2 N–H and O–H groups in total. The summed E-state index contributed by atoms with van der Waals surface area (Å²) in [4.78, 5) is 14.3. The normalized spacial score (nSPS) is 10.3. The van der Waals surface area contributed by atoms with Crippen molar-refractivity contribution in [2.75, 3.05) is 5.32 Å². The van der Waals surface area contributed by atoms with Gasteiger partial charge < -0.3 is 10.4 Å². The lowest BCUT2D eigenvalue weighted by Crippen LogP contribution is -2.01. The zero-order valence-electron chi connectivity index (χ0n) is 9.32. The van der Waals surface area contributed by atoms with Crippen molar-refractivity contribution in [2.24, 2.45) is 0 Å². The van der Waals surface area contributed by atoms with Gasteiger partial charge in [-0.2, -0.15) is 0 Å². The minimum Gasteiger partial charge on any atom is -0.477 e. The zero-order chi connectivity index (χ0) is 14.0. The highest BCUT2D eigenvalue weighted by Crippen LogP contribution is 2.26. The molecule has 0 atom stereocenters. The first-order valence-electron chi connectivity index (χ1n) is 5.08. The molecule has 0 spiro atoms. The molecule has 0 fully saturated rings. The maximum Gasteiger partial charge on any atom is 0.354 e. The minimum atomic E-state index is -1.15. The van der Waals surface area contributed by atoms with Crippen LogP contribution in [0.4, 0.5) is 20.2 Å². The Bertz CT molecular complexity index is 632. The molecule has 7 heteroatoms. The van der Waals surface area contributed by atoms with Gasteiger partial charge in [-0.15, -0.1) is 0 Å². The van der Waals surface area contributed by atoms with Gasteiger partial charge in [0.15, 0.2) is 0 Å². The second kappa shape index (κ2) is 5.31. The molecule has 19 heavy (non-hydrogen) atoms. The van der Waals surface area contributed by atoms with E-state index in [1.165, 1.54) is 24.4 Å². The maximum atomic E-state index is 13.5. The van der Waals surface area contributed by atoms with Crippen molar-refractivity contribution in [3.05, 3.63) is 52.3 Å². The molecular weight excluding hydrogens is 322 g/mol. The third-order valence-corrected chi connectivity index (χ3v) is 2.88. The van der Waals surface area contributed by atoms with Crippen LogP contribution in [0.5, 0.6) is 0 Å². The van der Waals surface area contributed by atoms with Crippen molar-refractivity contribution in [2.45, 2.75) is 0 Å². The molecule has 1 aromatic carbocycles. The average molecular weight is 329 g/mol. The molecule has 0 radical (unpaired) electrons. The van der Waals surface area contributed by atoms with Crippen molar-refractivity contribution in [3.63, 3.8) is 0 Å². The maximum absolute atomic E-state index is 13.5. The molecule has 0 amide bonds. The molecule has 2 aromatic rings. The molecule has 0 aliphatic rings. The fraction of sp³-hybridized carbons (Fsp3) is 0. The van der Waals surface area contributed by atoms with E-state index in [-0.39, 0.29) is 15.9 Å². The quantitative estimate of drug-likeness (QED) is 0.845. The summed E-state index contributed by atoms with van der Waals surface area (Å²) in [5, 5.41) is 11.4. The van der Waals surface area contributed by atoms with Gasteiger partial charge >= 0.3 is 5.97 Å². The number of aromatic nitrogens is 1. The van der Waals surface area contributed by atoms with Crippen molar-refractivity contribution >= 4 is 33.3 Å². The molecule has 2 rings (SSSR count). The van der Waals surface area contributed by atoms with Gasteiger partial charge in [-0.1, -0.05) is 0 Å². The van der Waals surface area contributed by atoms with E-state index >= 15 is 0 Å². The summed E-state index contributed by atoms with van der Waals surface area (Å²) < 4.78 is 26.7. The lowest BCUT2D eigenvalue weighted by molar-refractivity contribution is 0.0690. The summed E-state index contributed by atoms with van der Waals surface area (Å²) in [6.45, 7) is 0. The fourth-order valence-corrected chi connectivity index (χ4v) is 1.71. The predicted molar refractivity (Wildman–Crippen MR) is 68.5 cm³/mol. The number of rotatable bonds is 3. The Hall–Kier alpha value is -2.02. The summed E-state index contributed by atoms with van der Waals surface area (Å²) in [7, 11) is 0. The number of halogens is 3. The largest absolute Gasteiger partial charge is 0.477 e. The van der Waals surface area contributed by atoms with E-state index in [0.29, 0.717) is 5.69 Å². The molecule has 0 unspecified atom stereocenters. The lowest BCUT2D eigenvalue weighted by Gasteiger charge is -2.08. The van der Waals surface area contributed by atoms with Crippen molar-refractivity contribution in [3.8, 4) is 0 Å². The van der Waals surface area contributed by atoms with Gasteiger partial charge in [0, 0.05) is 6.07 Å². The SMILES string of the molecule is O=C(O)c1ccc(Nc2cc(Br)c(F)cc2F)cn1. The van der Waals surface area contributed by atoms with E-state index < -0.39 is 17.6 Å². The van der Waals surface area contributed by atoms with E-state index in [9.17, 15) is 13.6 Å².